The molecule has 0 aliphatic carbocycles. The number of carbonyl (C=O) groups excluding carboxylic acids is 1. The minimum absolute atomic E-state index is 0.117. The van der Waals surface area contributed by atoms with Crippen LogP contribution in [0.3, 0.4) is 0 Å². The number of rotatable bonds is 2. The first-order chi connectivity index (χ1) is 6.76. The van der Waals surface area contributed by atoms with Crippen molar-refractivity contribution < 1.29 is 14.3 Å². The van der Waals surface area contributed by atoms with Crippen LogP contribution in [0.2, 0.25) is 0 Å². The van der Waals surface area contributed by atoms with Crippen LogP contribution in [0.5, 0.6) is 0 Å². The number of hydrogen-bond donors (Lipinski definition) is 0. The van der Waals surface area contributed by atoms with E-state index in [0.29, 0.717) is 18.8 Å². The zero-order valence-electron chi connectivity index (χ0n) is 8.75. The Hall–Kier alpha value is -0.410. The molecule has 2 atom stereocenters. The lowest BCUT2D eigenvalue weighted by Gasteiger charge is -2.36. The molecule has 80 valence electrons. The molecule has 2 unspecified atom stereocenters. The third kappa shape index (κ3) is 1.84. The molecule has 2 rings (SSSR count). The van der Waals surface area contributed by atoms with Crippen molar-refractivity contribution in [3.63, 3.8) is 0 Å². The van der Waals surface area contributed by atoms with Gasteiger partial charge < -0.3 is 9.47 Å². The van der Waals surface area contributed by atoms with Crippen molar-refractivity contribution >= 4 is 5.78 Å². The van der Waals surface area contributed by atoms with Crippen molar-refractivity contribution in [1.29, 1.82) is 0 Å². The van der Waals surface area contributed by atoms with Crippen molar-refractivity contribution in [2.75, 3.05) is 19.8 Å². The van der Waals surface area contributed by atoms with Crippen LogP contribution in [0.1, 0.15) is 32.6 Å². The summed E-state index contributed by atoms with van der Waals surface area (Å²) in [5, 5.41) is 0. The van der Waals surface area contributed by atoms with E-state index in [0.717, 1.165) is 32.5 Å². The van der Waals surface area contributed by atoms with Gasteiger partial charge in [-0.25, -0.2) is 0 Å². The molecular weight excluding hydrogens is 180 g/mol. The van der Waals surface area contributed by atoms with E-state index in [-0.39, 0.29) is 11.5 Å². The molecule has 0 aromatic heterocycles. The highest BCUT2D eigenvalue weighted by Gasteiger charge is 2.42. The molecule has 2 aliphatic heterocycles. The topological polar surface area (TPSA) is 35.5 Å². The van der Waals surface area contributed by atoms with Crippen LogP contribution >= 0.6 is 0 Å². The van der Waals surface area contributed by atoms with Gasteiger partial charge in [-0.15, -0.1) is 0 Å². The van der Waals surface area contributed by atoms with Crippen LogP contribution in [-0.2, 0) is 14.3 Å². The third-order valence-electron chi connectivity index (χ3n) is 3.36. The highest BCUT2D eigenvalue weighted by Crippen LogP contribution is 2.36. The second-order valence-corrected chi connectivity index (χ2v) is 4.34. The normalized spacial score (nSPS) is 37.6. The lowest BCUT2D eigenvalue weighted by molar-refractivity contribution is -0.136. The molecule has 3 heteroatoms. The van der Waals surface area contributed by atoms with Gasteiger partial charge in [0.15, 0.2) is 0 Å². The van der Waals surface area contributed by atoms with E-state index in [1.54, 1.807) is 0 Å². The van der Waals surface area contributed by atoms with Crippen LogP contribution in [0.4, 0.5) is 0 Å². The van der Waals surface area contributed by atoms with E-state index in [9.17, 15) is 4.79 Å². The van der Waals surface area contributed by atoms with E-state index >= 15 is 0 Å². The van der Waals surface area contributed by atoms with Gasteiger partial charge in [0.2, 0.25) is 0 Å². The molecule has 14 heavy (non-hydrogen) atoms. The van der Waals surface area contributed by atoms with Crippen molar-refractivity contribution in [3.05, 3.63) is 0 Å². The van der Waals surface area contributed by atoms with Crippen LogP contribution in [-0.4, -0.2) is 31.2 Å². The molecule has 0 radical (unpaired) electrons. The maximum atomic E-state index is 11.6. The molecule has 2 aliphatic rings. The SMILES string of the molecule is CCC(=O)C1CCOC2(CCOC2)C1. The lowest BCUT2D eigenvalue weighted by atomic mass is 9.82. The first kappa shape index (κ1) is 10.1. The quantitative estimate of drug-likeness (QED) is 0.675. The van der Waals surface area contributed by atoms with Gasteiger partial charge in [-0.2, -0.15) is 0 Å². The Morgan fingerprint density at radius 3 is 3.00 bits per heavy atom. The van der Waals surface area contributed by atoms with Crippen molar-refractivity contribution in [1.82, 2.24) is 0 Å². The molecule has 0 aromatic carbocycles. The maximum absolute atomic E-state index is 11.6. The maximum Gasteiger partial charge on any atom is 0.135 e. The second-order valence-electron chi connectivity index (χ2n) is 4.34. The average Bonchev–Trinajstić information content (AvgIpc) is 2.65. The Kier molecular flexibility index (Phi) is 2.88. The van der Waals surface area contributed by atoms with Crippen LogP contribution < -0.4 is 0 Å². The molecule has 0 aromatic rings. The third-order valence-corrected chi connectivity index (χ3v) is 3.36. The van der Waals surface area contributed by atoms with E-state index in [4.69, 9.17) is 9.47 Å². The Bertz CT molecular complexity index is 219. The van der Waals surface area contributed by atoms with Gasteiger partial charge in [0.05, 0.1) is 12.2 Å². The zero-order chi connectivity index (χ0) is 10.0. The van der Waals surface area contributed by atoms with Crippen LogP contribution in [0, 0.1) is 5.92 Å². The summed E-state index contributed by atoms with van der Waals surface area (Å²) in [4.78, 5) is 11.6. The Labute approximate surface area is 84.8 Å². The van der Waals surface area contributed by atoms with Crippen LogP contribution in [0.25, 0.3) is 0 Å². The molecule has 1 spiro atoms. The molecule has 2 saturated heterocycles. The minimum Gasteiger partial charge on any atom is -0.378 e. The summed E-state index contributed by atoms with van der Waals surface area (Å²) in [6.07, 6.45) is 3.39. The molecule has 0 saturated carbocycles. The number of carbonyl (C=O) groups is 1. The van der Waals surface area contributed by atoms with Crippen molar-refractivity contribution in [2.24, 2.45) is 5.92 Å². The summed E-state index contributed by atoms with van der Waals surface area (Å²) in [6, 6.07) is 0. The molecule has 2 heterocycles. The highest BCUT2D eigenvalue weighted by molar-refractivity contribution is 5.80. The van der Waals surface area contributed by atoms with Gasteiger partial charge in [0, 0.05) is 32.0 Å². The molecule has 0 N–H and O–H groups in total. The summed E-state index contributed by atoms with van der Waals surface area (Å²) in [5.41, 5.74) is -0.117. The predicted molar refractivity (Wildman–Crippen MR) is 52.1 cm³/mol. The van der Waals surface area contributed by atoms with Gasteiger partial charge in [-0.3, -0.25) is 4.79 Å². The fourth-order valence-corrected chi connectivity index (χ4v) is 2.45. The first-order valence-electron chi connectivity index (χ1n) is 5.50. The molecule has 0 bridgehead atoms. The average molecular weight is 198 g/mol. The number of ketones is 1. The lowest BCUT2D eigenvalue weighted by Crippen LogP contribution is -2.42. The zero-order valence-corrected chi connectivity index (χ0v) is 8.75. The van der Waals surface area contributed by atoms with Gasteiger partial charge >= 0.3 is 0 Å². The van der Waals surface area contributed by atoms with Crippen molar-refractivity contribution in [3.8, 4) is 0 Å². The first-order valence-corrected chi connectivity index (χ1v) is 5.50. The minimum atomic E-state index is -0.117. The summed E-state index contributed by atoms with van der Waals surface area (Å²) in [7, 11) is 0. The monoisotopic (exact) mass is 198 g/mol. The van der Waals surface area contributed by atoms with E-state index in [1.807, 2.05) is 6.92 Å². The summed E-state index contributed by atoms with van der Waals surface area (Å²) >= 11 is 0. The molecule has 0 amide bonds. The predicted octanol–water partition coefficient (Wildman–Crippen LogP) is 1.55. The molecular formula is C11H18O3. The van der Waals surface area contributed by atoms with E-state index in [2.05, 4.69) is 0 Å². The Balaban J connectivity index is 1.99. The van der Waals surface area contributed by atoms with Crippen molar-refractivity contribution in [2.45, 2.75) is 38.2 Å². The molecule has 3 nitrogen and oxygen atoms in total. The second kappa shape index (κ2) is 3.99. The highest BCUT2D eigenvalue weighted by atomic mass is 16.6. The number of hydrogen-bond acceptors (Lipinski definition) is 3. The standard InChI is InChI=1S/C11H18O3/c1-2-10(12)9-3-5-14-11(7-9)4-6-13-8-11/h9H,2-8H2,1H3. The van der Waals surface area contributed by atoms with Gasteiger partial charge in [0.25, 0.3) is 0 Å². The van der Waals surface area contributed by atoms with Crippen LogP contribution in [0.15, 0.2) is 0 Å². The fraction of sp³-hybridized carbons (Fsp3) is 0.909. The number of ether oxygens (including phenoxy) is 2. The smallest absolute Gasteiger partial charge is 0.135 e. The Morgan fingerprint density at radius 1 is 1.50 bits per heavy atom. The number of Topliss-reactive ketones (excluding diaryl/α,β-unsaturated/α-hetero) is 1. The van der Waals surface area contributed by atoms with Gasteiger partial charge in [0.1, 0.15) is 5.78 Å². The summed E-state index contributed by atoms with van der Waals surface area (Å²) in [6.45, 7) is 4.13. The summed E-state index contributed by atoms with van der Waals surface area (Å²) in [5.74, 6) is 0.607. The van der Waals surface area contributed by atoms with E-state index in [1.165, 1.54) is 0 Å². The molecule has 2 fully saturated rings. The Morgan fingerprint density at radius 2 is 2.36 bits per heavy atom. The van der Waals surface area contributed by atoms with Gasteiger partial charge in [-0.05, 0) is 12.8 Å². The summed E-state index contributed by atoms with van der Waals surface area (Å²) < 4.78 is 11.1. The largest absolute Gasteiger partial charge is 0.378 e. The van der Waals surface area contributed by atoms with E-state index < -0.39 is 0 Å². The van der Waals surface area contributed by atoms with Gasteiger partial charge in [-0.1, -0.05) is 6.92 Å². The fourth-order valence-electron chi connectivity index (χ4n) is 2.45.